The number of fused-ring (bicyclic) bond motifs is 1. The number of nitrogen functional groups attached to an aromatic ring is 1. The van der Waals surface area contributed by atoms with Crippen molar-refractivity contribution in [3.8, 4) is 0 Å². The molecule has 0 aliphatic heterocycles. The second-order valence-electron chi connectivity index (χ2n) is 7.58. The highest BCUT2D eigenvalue weighted by molar-refractivity contribution is 6.28. The van der Waals surface area contributed by atoms with Crippen LogP contribution in [-0.4, -0.2) is 19.5 Å². The number of hydrogen-bond acceptors (Lipinski definition) is 4. The van der Waals surface area contributed by atoms with Crippen LogP contribution < -0.4 is 5.73 Å². The molecule has 2 heterocycles. The topological polar surface area (TPSA) is 69.6 Å². The lowest BCUT2D eigenvalue weighted by Gasteiger charge is -2.06. The molecule has 0 aliphatic carbocycles. The van der Waals surface area contributed by atoms with E-state index in [0.29, 0.717) is 11.5 Å². The van der Waals surface area contributed by atoms with Crippen LogP contribution in [0.25, 0.3) is 11.2 Å². The Morgan fingerprint density at radius 1 is 0.815 bits per heavy atom. The van der Waals surface area contributed by atoms with Crippen molar-refractivity contribution < 1.29 is 0 Å². The Hall–Kier alpha value is -1.36. The van der Waals surface area contributed by atoms with Gasteiger partial charge in [0.05, 0.1) is 6.33 Å². The van der Waals surface area contributed by atoms with E-state index in [2.05, 4.69) is 21.9 Å². The Morgan fingerprint density at radius 2 is 1.33 bits per heavy atom. The summed E-state index contributed by atoms with van der Waals surface area (Å²) in [7, 11) is 0. The fourth-order valence-corrected chi connectivity index (χ4v) is 3.80. The monoisotopic (exact) mass is 393 g/mol. The Labute approximate surface area is 169 Å². The summed E-state index contributed by atoms with van der Waals surface area (Å²) in [6.45, 7) is 3.19. The predicted octanol–water partition coefficient (Wildman–Crippen LogP) is 6.54. The molecule has 2 aromatic rings. The van der Waals surface area contributed by atoms with Gasteiger partial charge in [-0.15, -0.1) is 0 Å². The smallest absolute Gasteiger partial charge is 0.226 e. The van der Waals surface area contributed by atoms with Crippen LogP contribution in [0.2, 0.25) is 5.28 Å². The molecule has 0 radical (unpaired) electrons. The maximum atomic E-state index is 5.96. The minimum absolute atomic E-state index is 0.154. The van der Waals surface area contributed by atoms with Gasteiger partial charge in [-0.3, -0.25) is 0 Å². The van der Waals surface area contributed by atoms with Crippen molar-refractivity contribution in [1.82, 2.24) is 19.5 Å². The van der Waals surface area contributed by atoms with Gasteiger partial charge in [-0.05, 0) is 18.0 Å². The van der Waals surface area contributed by atoms with E-state index in [0.717, 1.165) is 18.5 Å². The van der Waals surface area contributed by atoms with Gasteiger partial charge < -0.3 is 10.3 Å². The summed E-state index contributed by atoms with van der Waals surface area (Å²) in [5.74, 6) is 0.410. The van der Waals surface area contributed by atoms with Crippen molar-refractivity contribution >= 4 is 28.6 Å². The molecule has 0 spiro atoms. The summed E-state index contributed by atoms with van der Waals surface area (Å²) in [5.41, 5.74) is 7.34. The van der Waals surface area contributed by atoms with E-state index in [1.165, 1.54) is 83.5 Å². The van der Waals surface area contributed by atoms with E-state index in [-0.39, 0.29) is 5.28 Å². The van der Waals surface area contributed by atoms with Gasteiger partial charge in [0.1, 0.15) is 5.52 Å². The predicted molar refractivity (Wildman–Crippen MR) is 115 cm³/mol. The SMILES string of the molecule is CCCCCCCCCCCCCCCCn1cnc2nc(Cl)nc(N)c21. The number of halogens is 1. The zero-order chi connectivity index (χ0) is 19.3. The van der Waals surface area contributed by atoms with Crippen LogP contribution in [0.1, 0.15) is 96.8 Å². The fourth-order valence-electron chi connectivity index (χ4n) is 3.63. The Kier molecular flexibility index (Phi) is 10.5. The van der Waals surface area contributed by atoms with Crippen molar-refractivity contribution in [3.63, 3.8) is 0 Å². The Balaban J connectivity index is 1.46. The minimum atomic E-state index is 0.154. The lowest BCUT2D eigenvalue weighted by molar-refractivity contribution is 0.526. The van der Waals surface area contributed by atoms with Crippen molar-refractivity contribution in [1.29, 1.82) is 0 Å². The summed E-state index contributed by atoms with van der Waals surface area (Å²) in [6, 6.07) is 0. The highest BCUT2D eigenvalue weighted by Gasteiger charge is 2.10. The molecule has 2 N–H and O–H groups in total. The second kappa shape index (κ2) is 12.9. The van der Waals surface area contributed by atoms with E-state index in [4.69, 9.17) is 17.3 Å². The number of rotatable bonds is 15. The van der Waals surface area contributed by atoms with E-state index in [1.807, 2.05) is 4.57 Å². The van der Waals surface area contributed by atoms with Crippen molar-refractivity contribution in [2.45, 2.75) is 103 Å². The molecule has 2 rings (SSSR count). The number of aryl methyl sites for hydroxylation is 1. The zero-order valence-electron chi connectivity index (χ0n) is 16.9. The number of nitrogens with zero attached hydrogens (tertiary/aromatic N) is 4. The first-order valence-electron chi connectivity index (χ1n) is 10.9. The van der Waals surface area contributed by atoms with Crippen LogP contribution in [0, 0.1) is 0 Å². The van der Waals surface area contributed by atoms with E-state index >= 15 is 0 Å². The standard InChI is InChI=1S/C21H36ClN5/c1-2-3-4-5-6-7-8-9-10-11-12-13-14-15-16-27-17-24-20-18(27)19(23)25-21(22)26-20/h17H,2-16H2,1H3,(H2,23,25,26). The van der Waals surface area contributed by atoms with Crippen LogP contribution in [0.4, 0.5) is 5.82 Å². The third kappa shape index (κ3) is 8.04. The summed E-state index contributed by atoms with van der Waals surface area (Å²) in [5, 5.41) is 0.154. The molecule has 0 aromatic carbocycles. The molecule has 0 fully saturated rings. The molecule has 0 saturated heterocycles. The van der Waals surface area contributed by atoms with E-state index in [1.54, 1.807) is 6.33 Å². The van der Waals surface area contributed by atoms with Crippen molar-refractivity contribution in [3.05, 3.63) is 11.6 Å². The maximum absolute atomic E-state index is 5.96. The molecular formula is C21H36ClN5. The number of unbranched alkanes of at least 4 members (excludes halogenated alkanes) is 13. The van der Waals surface area contributed by atoms with Crippen LogP contribution in [0.3, 0.4) is 0 Å². The molecule has 0 amide bonds. The number of nitrogens with two attached hydrogens (primary N) is 1. The van der Waals surface area contributed by atoms with Gasteiger partial charge in [-0.2, -0.15) is 9.97 Å². The number of hydrogen-bond donors (Lipinski definition) is 1. The number of anilines is 1. The highest BCUT2D eigenvalue weighted by Crippen LogP contribution is 2.20. The van der Waals surface area contributed by atoms with Gasteiger partial charge in [0.15, 0.2) is 11.5 Å². The fraction of sp³-hybridized carbons (Fsp3) is 0.762. The number of imidazole rings is 1. The molecule has 0 unspecified atom stereocenters. The van der Waals surface area contributed by atoms with Crippen molar-refractivity contribution in [2.75, 3.05) is 5.73 Å². The largest absolute Gasteiger partial charge is 0.382 e. The second-order valence-corrected chi connectivity index (χ2v) is 7.92. The summed E-state index contributed by atoms with van der Waals surface area (Å²) < 4.78 is 2.04. The van der Waals surface area contributed by atoms with Gasteiger partial charge in [-0.25, -0.2) is 4.98 Å². The molecule has 0 atom stereocenters. The molecular weight excluding hydrogens is 358 g/mol. The zero-order valence-corrected chi connectivity index (χ0v) is 17.7. The molecule has 0 bridgehead atoms. The minimum Gasteiger partial charge on any atom is -0.382 e. The average Bonchev–Trinajstić information content (AvgIpc) is 3.05. The van der Waals surface area contributed by atoms with Crippen molar-refractivity contribution in [2.24, 2.45) is 0 Å². The van der Waals surface area contributed by atoms with E-state index in [9.17, 15) is 0 Å². The van der Waals surface area contributed by atoms with Gasteiger partial charge in [0.25, 0.3) is 0 Å². The maximum Gasteiger partial charge on any atom is 0.226 e. The summed E-state index contributed by atoms with van der Waals surface area (Å²) >= 11 is 5.82. The number of aromatic nitrogens is 4. The lowest BCUT2D eigenvalue weighted by atomic mass is 10.0. The average molecular weight is 394 g/mol. The first-order valence-corrected chi connectivity index (χ1v) is 11.2. The molecule has 0 aliphatic rings. The van der Waals surface area contributed by atoms with Gasteiger partial charge in [0, 0.05) is 6.54 Å². The molecule has 6 heteroatoms. The van der Waals surface area contributed by atoms with Crippen LogP contribution in [-0.2, 0) is 6.54 Å². The quantitative estimate of drug-likeness (QED) is 0.275. The molecule has 2 aromatic heterocycles. The molecule has 152 valence electrons. The van der Waals surface area contributed by atoms with Gasteiger partial charge >= 0.3 is 0 Å². The van der Waals surface area contributed by atoms with Crippen LogP contribution in [0.15, 0.2) is 6.33 Å². The summed E-state index contributed by atoms with van der Waals surface area (Å²) in [4.78, 5) is 12.4. The summed E-state index contributed by atoms with van der Waals surface area (Å²) in [6.07, 6.45) is 20.9. The van der Waals surface area contributed by atoms with Gasteiger partial charge in [-0.1, -0.05) is 90.4 Å². The third-order valence-corrected chi connectivity index (χ3v) is 5.39. The Morgan fingerprint density at radius 3 is 1.89 bits per heavy atom. The first kappa shape index (κ1) is 21.9. The molecule has 5 nitrogen and oxygen atoms in total. The first-order chi connectivity index (χ1) is 13.2. The Bertz CT molecular complexity index is 655. The normalized spacial score (nSPS) is 11.5. The van der Waals surface area contributed by atoms with Crippen LogP contribution >= 0.6 is 11.6 Å². The van der Waals surface area contributed by atoms with Gasteiger partial charge in [0.2, 0.25) is 5.28 Å². The van der Waals surface area contributed by atoms with Crippen LogP contribution in [0.5, 0.6) is 0 Å². The molecule has 0 saturated carbocycles. The lowest BCUT2D eigenvalue weighted by Crippen LogP contribution is -2.01. The highest BCUT2D eigenvalue weighted by atomic mass is 35.5. The third-order valence-electron chi connectivity index (χ3n) is 5.22. The van der Waals surface area contributed by atoms with E-state index < -0.39 is 0 Å². The molecule has 27 heavy (non-hydrogen) atoms.